The van der Waals surface area contributed by atoms with E-state index in [1.807, 2.05) is 40.9 Å². The van der Waals surface area contributed by atoms with E-state index >= 15 is 0 Å². The second-order valence-corrected chi connectivity index (χ2v) is 6.57. The number of azo groups is 1. The Labute approximate surface area is 152 Å². The van der Waals surface area contributed by atoms with E-state index in [0.29, 0.717) is 0 Å². The van der Waals surface area contributed by atoms with Crippen molar-refractivity contribution in [1.29, 1.82) is 0 Å². The quantitative estimate of drug-likeness (QED) is 0.401. The third kappa shape index (κ3) is 3.02. The molecule has 0 saturated carbocycles. The Bertz CT molecular complexity index is 1110. The van der Waals surface area contributed by atoms with Crippen LogP contribution in [-0.2, 0) is 0 Å². The van der Waals surface area contributed by atoms with E-state index in [0.717, 1.165) is 28.4 Å². The number of imidazole rings is 1. The van der Waals surface area contributed by atoms with Crippen molar-refractivity contribution in [3.63, 3.8) is 0 Å². The summed E-state index contributed by atoms with van der Waals surface area (Å²) in [4.78, 5) is 4.86. The van der Waals surface area contributed by atoms with Crippen LogP contribution in [0.25, 0.3) is 16.9 Å². The van der Waals surface area contributed by atoms with Crippen molar-refractivity contribution in [1.82, 2.24) is 9.38 Å². The van der Waals surface area contributed by atoms with Crippen LogP contribution >= 0.6 is 0 Å². The molecule has 0 fully saturated rings. The normalized spacial score (nSPS) is 11.5. The molecular weight excluding hydrogens is 320 g/mol. The highest BCUT2D eigenvalue weighted by atomic mass is 15.2. The summed E-state index contributed by atoms with van der Waals surface area (Å²) >= 11 is 0. The lowest BCUT2D eigenvalue weighted by Crippen LogP contribution is -1.86. The van der Waals surface area contributed by atoms with Gasteiger partial charge in [0, 0.05) is 11.8 Å². The molecule has 2 aromatic heterocycles. The molecular formula is C22H20N4. The predicted octanol–water partition coefficient (Wildman–Crippen LogP) is 6.34. The van der Waals surface area contributed by atoms with Gasteiger partial charge in [-0.05, 0) is 56.2 Å². The van der Waals surface area contributed by atoms with Crippen LogP contribution < -0.4 is 0 Å². The highest BCUT2D eigenvalue weighted by molar-refractivity contribution is 5.77. The van der Waals surface area contributed by atoms with Gasteiger partial charge in [0.2, 0.25) is 0 Å². The van der Waals surface area contributed by atoms with Crippen LogP contribution in [0.2, 0.25) is 0 Å². The van der Waals surface area contributed by atoms with Crippen molar-refractivity contribution in [2.75, 3.05) is 0 Å². The van der Waals surface area contributed by atoms with Gasteiger partial charge in [-0.1, -0.05) is 42.0 Å². The molecule has 4 rings (SSSR count). The molecule has 4 nitrogen and oxygen atoms in total. The molecule has 0 bridgehead atoms. The van der Waals surface area contributed by atoms with E-state index < -0.39 is 0 Å². The second kappa shape index (κ2) is 6.56. The van der Waals surface area contributed by atoms with Crippen LogP contribution in [0.1, 0.15) is 16.7 Å². The average Bonchev–Trinajstić information content (AvgIpc) is 2.98. The van der Waals surface area contributed by atoms with E-state index in [-0.39, 0.29) is 0 Å². The zero-order chi connectivity index (χ0) is 18.1. The van der Waals surface area contributed by atoms with Crippen LogP contribution in [0.3, 0.4) is 0 Å². The number of fused-ring (bicyclic) bond motifs is 1. The molecule has 0 aliphatic carbocycles. The van der Waals surface area contributed by atoms with Gasteiger partial charge in [0.25, 0.3) is 0 Å². The fraction of sp³-hybridized carbons (Fsp3) is 0.136. The molecule has 0 atom stereocenters. The summed E-state index contributed by atoms with van der Waals surface area (Å²) in [5, 5.41) is 8.98. The molecule has 2 heterocycles. The van der Waals surface area contributed by atoms with Gasteiger partial charge in [0.1, 0.15) is 11.3 Å². The molecule has 4 heteroatoms. The molecule has 0 aliphatic heterocycles. The first kappa shape index (κ1) is 16.2. The van der Waals surface area contributed by atoms with E-state index in [4.69, 9.17) is 4.98 Å². The molecule has 0 radical (unpaired) electrons. The highest BCUT2D eigenvalue weighted by Gasteiger charge is 2.16. The van der Waals surface area contributed by atoms with E-state index in [2.05, 4.69) is 61.3 Å². The number of aromatic nitrogens is 2. The number of aryl methyl sites for hydroxylation is 3. The maximum Gasteiger partial charge on any atom is 0.187 e. The first-order chi connectivity index (χ1) is 12.6. The van der Waals surface area contributed by atoms with Gasteiger partial charge in [-0.25, -0.2) is 4.98 Å². The zero-order valence-electron chi connectivity index (χ0n) is 15.1. The van der Waals surface area contributed by atoms with E-state index in [1.165, 1.54) is 16.7 Å². The summed E-state index contributed by atoms with van der Waals surface area (Å²) in [7, 11) is 0. The third-order valence-corrected chi connectivity index (χ3v) is 4.41. The lowest BCUT2D eigenvalue weighted by atomic mass is 10.0. The van der Waals surface area contributed by atoms with Gasteiger partial charge in [-0.3, -0.25) is 4.40 Å². The molecule has 2 aromatic carbocycles. The molecule has 26 heavy (non-hydrogen) atoms. The fourth-order valence-electron chi connectivity index (χ4n) is 3.09. The minimum absolute atomic E-state index is 0.746. The number of hydrogen-bond donors (Lipinski definition) is 0. The van der Waals surface area contributed by atoms with Crippen LogP contribution in [-0.4, -0.2) is 9.38 Å². The summed E-state index contributed by atoms with van der Waals surface area (Å²) in [5.74, 6) is 0.746. The molecule has 0 saturated heterocycles. The fourth-order valence-corrected chi connectivity index (χ4v) is 3.09. The van der Waals surface area contributed by atoms with Crippen LogP contribution in [0.4, 0.5) is 11.5 Å². The molecule has 128 valence electrons. The number of pyridine rings is 1. The van der Waals surface area contributed by atoms with Gasteiger partial charge in [-0.2, -0.15) is 0 Å². The molecule has 4 aromatic rings. The van der Waals surface area contributed by atoms with Gasteiger partial charge >= 0.3 is 0 Å². The molecule has 0 N–H and O–H groups in total. The van der Waals surface area contributed by atoms with Crippen LogP contribution in [0, 0.1) is 20.8 Å². The maximum atomic E-state index is 4.86. The standard InChI is InChI=1S/C22H20N4/c1-15-9-10-19(17(3)13-15)21-22(25-24-18-7-5-4-6-8-18)26-12-11-16(2)14-20(26)23-21/h4-14H,1-3H3. The largest absolute Gasteiger partial charge is 0.283 e. The minimum Gasteiger partial charge on any atom is -0.283 e. The van der Waals surface area contributed by atoms with Crippen molar-refractivity contribution in [2.24, 2.45) is 10.2 Å². The van der Waals surface area contributed by atoms with Gasteiger partial charge < -0.3 is 0 Å². The highest BCUT2D eigenvalue weighted by Crippen LogP contribution is 2.34. The Morgan fingerprint density at radius 3 is 2.35 bits per heavy atom. The lowest BCUT2D eigenvalue weighted by molar-refractivity contribution is 1.10. The molecule has 0 amide bonds. The van der Waals surface area contributed by atoms with Gasteiger partial charge in [0.05, 0.1) is 5.69 Å². The Kier molecular flexibility index (Phi) is 4.09. The summed E-state index contributed by atoms with van der Waals surface area (Å²) in [5.41, 5.74) is 7.22. The van der Waals surface area contributed by atoms with Crippen molar-refractivity contribution in [2.45, 2.75) is 20.8 Å². The van der Waals surface area contributed by atoms with Crippen LogP contribution in [0.5, 0.6) is 0 Å². The average molecular weight is 340 g/mol. The SMILES string of the molecule is Cc1ccc(-c2nc3cc(C)ccn3c2N=Nc2ccccc2)c(C)c1. The van der Waals surface area contributed by atoms with Crippen molar-refractivity contribution in [3.05, 3.63) is 83.6 Å². The van der Waals surface area contributed by atoms with E-state index in [1.54, 1.807) is 0 Å². The Balaban J connectivity index is 1.92. The minimum atomic E-state index is 0.746. The topological polar surface area (TPSA) is 42.0 Å². The first-order valence-corrected chi connectivity index (χ1v) is 8.65. The van der Waals surface area contributed by atoms with Crippen molar-refractivity contribution in [3.8, 4) is 11.3 Å². The Morgan fingerprint density at radius 2 is 1.58 bits per heavy atom. The Morgan fingerprint density at radius 1 is 0.808 bits per heavy atom. The lowest BCUT2D eigenvalue weighted by Gasteiger charge is -2.05. The van der Waals surface area contributed by atoms with Crippen molar-refractivity contribution < 1.29 is 0 Å². The van der Waals surface area contributed by atoms with Crippen LogP contribution in [0.15, 0.2) is 77.1 Å². The summed E-state index contributed by atoms with van der Waals surface area (Å²) in [6, 6.07) is 20.3. The molecule has 0 aliphatic rings. The van der Waals surface area contributed by atoms with Gasteiger partial charge in [-0.15, -0.1) is 10.2 Å². The molecule has 0 unspecified atom stereocenters. The smallest absolute Gasteiger partial charge is 0.187 e. The zero-order valence-corrected chi connectivity index (χ0v) is 15.1. The Hall–Kier alpha value is -3.27. The third-order valence-electron chi connectivity index (χ3n) is 4.41. The summed E-state index contributed by atoms with van der Waals surface area (Å²) in [6.45, 7) is 6.27. The van der Waals surface area contributed by atoms with Crippen molar-refractivity contribution >= 4 is 17.2 Å². The summed E-state index contributed by atoms with van der Waals surface area (Å²) in [6.07, 6.45) is 2.00. The monoisotopic (exact) mass is 340 g/mol. The number of nitrogens with zero attached hydrogens (tertiary/aromatic N) is 4. The number of rotatable bonds is 3. The van der Waals surface area contributed by atoms with E-state index in [9.17, 15) is 0 Å². The maximum absolute atomic E-state index is 4.86. The first-order valence-electron chi connectivity index (χ1n) is 8.65. The number of benzene rings is 2. The predicted molar refractivity (Wildman–Crippen MR) is 105 cm³/mol. The summed E-state index contributed by atoms with van der Waals surface area (Å²) < 4.78 is 1.99. The molecule has 0 spiro atoms. The number of hydrogen-bond acceptors (Lipinski definition) is 3. The van der Waals surface area contributed by atoms with Gasteiger partial charge in [0.15, 0.2) is 5.82 Å². The second-order valence-electron chi connectivity index (χ2n) is 6.57.